The van der Waals surface area contributed by atoms with Crippen LogP contribution in [0.1, 0.15) is 82.1 Å². The van der Waals surface area contributed by atoms with Gasteiger partial charge in [-0.05, 0) is 61.1 Å². The Morgan fingerprint density at radius 3 is 1.14 bits per heavy atom. The normalized spacial score (nSPS) is 20.1. The second kappa shape index (κ2) is 9.81. The van der Waals surface area contributed by atoms with Gasteiger partial charge < -0.3 is 9.85 Å². The minimum Gasteiger partial charge on any atom is -0.632 e. The molecule has 0 saturated carbocycles. The first-order valence-corrected chi connectivity index (χ1v) is 8.89. The standard InChI is InChI=1S/C7H15NO.C7H15N.2C2H6/c1-7(2,3)8(9)5-4-6-8;1-7(2,3)8-5-4-6-8;2*1-2/h4-6H2,1-3H3;4-6H2,1-3H3;2*1-2H3. The molecule has 0 atom stereocenters. The molecule has 2 fully saturated rings. The lowest BCUT2D eigenvalue weighted by Gasteiger charge is -2.58. The number of likely N-dealkylation sites (tertiary alicyclic amines) is 2. The SMILES string of the molecule is CC.CC.CC(C)(C)N1CCC1.CC(C)(C)[N+]1([O-])CCC1. The summed E-state index contributed by atoms with van der Waals surface area (Å²) in [4.78, 5) is 2.49. The average Bonchev–Trinajstić information content (AvgIpc) is 2.26. The summed E-state index contributed by atoms with van der Waals surface area (Å²) < 4.78 is 0.0208. The van der Waals surface area contributed by atoms with Gasteiger partial charge in [-0.15, -0.1) is 0 Å². The molecular weight excluding hydrogens is 260 g/mol. The van der Waals surface area contributed by atoms with Crippen molar-refractivity contribution in [3.05, 3.63) is 5.21 Å². The predicted octanol–water partition coefficient (Wildman–Crippen LogP) is 5.05. The van der Waals surface area contributed by atoms with E-state index < -0.39 is 0 Å². The first-order valence-electron chi connectivity index (χ1n) is 8.89. The van der Waals surface area contributed by atoms with Crippen LogP contribution in [-0.2, 0) is 0 Å². The second-order valence-corrected chi connectivity index (χ2v) is 7.37. The van der Waals surface area contributed by atoms with Crippen molar-refractivity contribution in [3.63, 3.8) is 0 Å². The molecule has 2 heterocycles. The molecule has 0 radical (unpaired) electrons. The van der Waals surface area contributed by atoms with Gasteiger partial charge in [0.2, 0.25) is 0 Å². The monoisotopic (exact) mass is 302 g/mol. The third-order valence-electron chi connectivity index (χ3n) is 4.07. The molecule has 2 aliphatic rings. The third kappa shape index (κ3) is 7.62. The molecule has 0 bridgehead atoms. The summed E-state index contributed by atoms with van der Waals surface area (Å²) >= 11 is 0. The van der Waals surface area contributed by atoms with Gasteiger partial charge in [0.25, 0.3) is 0 Å². The Kier molecular flexibility index (Phi) is 10.8. The summed E-state index contributed by atoms with van der Waals surface area (Å²) in [7, 11) is 0. The number of quaternary nitrogens is 1. The maximum absolute atomic E-state index is 11.5. The van der Waals surface area contributed by atoms with Crippen LogP contribution in [0.5, 0.6) is 0 Å². The van der Waals surface area contributed by atoms with Crippen molar-refractivity contribution in [1.82, 2.24) is 4.90 Å². The fourth-order valence-corrected chi connectivity index (χ4v) is 2.10. The van der Waals surface area contributed by atoms with E-state index in [2.05, 4.69) is 25.7 Å². The summed E-state index contributed by atoms with van der Waals surface area (Å²) in [5.74, 6) is 0. The lowest BCUT2D eigenvalue weighted by atomic mass is 10.00. The number of hydrogen-bond donors (Lipinski definition) is 0. The maximum atomic E-state index is 11.5. The van der Waals surface area contributed by atoms with Crippen molar-refractivity contribution in [1.29, 1.82) is 0 Å². The summed E-state index contributed by atoms with van der Waals surface area (Å²) in [6.45, 7) is 25.1. The fraction of sp³-hybridized carbons (Fsp3) is 1.00. The molecule has 3 heteroatoms. The van der Waals surface area contributed by atoms with Crippen LogP contribution in [0.3, 0.4) is 0 Å². The van der Waals surface area contributed by atoms with Crippen molar-refractivity contribution in [2.75, 3.05) is 26.2 Å². The lowest BCUT2D eigenvalue weighted by molar-refractivity contribution is -0.961. The minimum absolute atomic E-state index is 0.0208. The van der Waals surface area contributed by atoms with Gasteiger partial charge in [0, 0.05) is 12.0 Å². The molecule has 3 nitrogen and oxygen atoms in total. The largest absolute Gasteiger partial charge is 0.632 e. The van der Waals surface area contributed by atoms with Crippen LogP contribution in [0, 0.1) is 5.21 Å². The molecule has 2 saturated heterocycles. The Morgan fingerprint density at radius 1 is 0.762 bits per heavy atom. The number of hydroxylamine groups is 3. The average molecular weight is 303 g/mol. The van der Waals surface area contributed by atoms with Crippen molar-refractivity contribution in [2.24, 2.45) is 0 Å². The summed E-state index contributed by atoms with van der Waals surface area (Å²) in [5, 5.41) is 11.5. The summed E-state index contributed by atoms with van der Waals surface area (Å²) in [5.41, 5.74) is 0.344. The molecule has 0 spiro atoms. The van der Waals surface area contributed by atoms with Crippen LogP contribution in [-0.4, -0.2) is 46.8 Å². The molecule has 0 unspecified atom stereocenters. The zero-order chi connectivity index (χ0) is 17.3. The highest BCUT2D eigenvalue weighted by Crippen LogP contribution is 2.30. The zero-order valence-corrected chi connectivity index (χ0v) is 16.5. The topological polar surface area (TPSA) is 26.3 Å². The highest BCUT2D eigenvalue weighted by Gasteiger charge is 2.37. The maximum Gasteiger partial charge on any atom is 0.0904 e. The van der Waals surface area contributed by atoms with E-state index in [1.54, 1.807) is 0 Å². The first kappa shape index (κ1) is 23.2. The van der Waals surface area contributed by atoms with Crippen LogP contribution < -0.4 is 0 Å². The minimum atomic E-state index is -0.0851. The van der Waals surface area contributed by atoms with E-state index in [0.29, 0.717) is 5.54 Å². The van der Waals surface area contributed by atoms with Crippen LogP contribution >= 0.6 is 0 Å². The molecule has 0 aromatic rings. The van der Waals surface area contributed by atoms with Crippen LogP contribution in [0.15, 0.2) is 0 Å². The Balaban J connectivity index is 0. The molecule has 0 amide bonds. The summed E-state index contributed by atoms with van der Waals surface area (Å²) in [6.07, 6.45) is 2.51. The Morgan fingerprint density at radius 2 is 1.14 bits per heavy atom. The Labute approximate surface area is 134 Å². The van der Waals surface area contributed by atoms with Gasteiger partial charge in [0.1, 0.15) is 0 Å². The highest BCUT2D eigenvalue weighted by atomic mass is 16.6. The van der Waals surface area contributed by atoms with E-state index in [9.17, 15) is 5.21 Å². The molecular formula is C18H42N2O. The van der Waals surface area contributed by atoms with Gasteiger partial charge in [-0.1, -0.05) is 27.7 Å². The number of rotatable bonds is 0. The molecule has 2 aliphatic heterocycles. The molecule has 0 aliphatic carbocycles. The highest BCUT2D eigenvalue weighted by molar-refractivity contribution is 4.81. The Bertz CT molecular complexity index is 243. The molecule has 0 aromatic carbocycles. The zero-order valence-electron chi connectivity index (χ0n) is 16.5. The van der Waals surface area contributed by atoms with Crippen molar-refractivity contribution in [2.45, 2.75) is 93.2 Å². The van der Waals surface area contributed by atoms with Gasteiger partial charge in [-0.25, -0.2) is 0 Å². The number of nitrogens with zero attached hydrogens (tertiary/aromatic N) is 2. The number of hydrogen-bond acceptors (Lipinski definition) is 2. The molecule has 0 aromatic heterocycles. The van der Waals surface area contributed by atoms with Gasteiger partial charge in [0.15, 0.2) is 0 Å². The molecule has 21 heavy (non-hydrogen) atoms. The molecule has 130 valence electrons. The van der Waals surface area contributed by atoms with Gasteiger partial charge in [-0.2, -0.15) is 0 Å². The lowest BCUT2D eigenvalue weighted by Crippen LogP contribution is -2.63. The quantitative estimate of drug-likeness (QED) is 0.462. The van der Waals surface area contributed by atoms with E-state index >= 15 is 0 Å². The van der Waals surface area contributed by atoms with Gasteiger partial charge >= 0.3 is 0 Å². The van der Waals surface area contributed by atoms with Crippen LogP contribution in [0.4, 0.5) is 0 Å². The van der Waals surface area contributed by atoms with E-state index in [1.807, 2.05) is 48.5 Å². The smallest absolute Gasteiger partial charge is 0.0904 e. The van der Waals surface area contributed by atoms with E-state index in [1.165, 1.54) is 19.5 Å². The fourth-order valence-electron chi connectivity index (χ4n) is 2.10. The van der Waals surface area contributed by atoms with E-state index in [0.717, 1.165) is 19.5 Å². The second-order valence-electron chi connectivity index (χ2n) is 7.37. The molecule has 0 N–H and O–H groups in total. The van der Waals surface area contributed by atoms with Crippen LogP contribution in [0.2, 0.25) is 0 Å². The van der Waals surface area contributed by atoms with E-state index in [4.69, 9.17) is 0 Å². The summed E-state index contributed by atoms with van der Waals surface area (Å²) in [6, 6.07) is 0. The predicted molar refractivity (Wildman–Crippen MR) is 96.4 cm³/mol. The third-order valence-corrected chi connectivity index (χ3v) is 4.07. The first-order chi connectivity index (χ1) is 9.56. The molecule has 2 rings (SSSR count). The van der Waals surface area contributed by atoms with Crippen molar-refractivity contribution < 1.29 is 4.65 Å². The van der Waals surface area contributed by atoms with Crippen molar-refractivity contribution in [3.8, 4) is 0 Å². The van der Waals surface area contributed by atoms with Gasteiger partial charge in [-0.3, -0.25) is 4.90 Å². The van der Waals surface area contributed by atoms with Crippen LogP contribution in [0.25, 0.3) is 0 Å². The Hall–Kier alpha value is -0.120. The van der Waals surface area contributed by atoms with E-state index in [-0.39, 0.29) is 10.2 Å². The van der Waals surface area contributed by atoms with Crippen molar-refractivity contribution >= 4 is 0 Å². The van der Waals surface area contributed by atoms with Gasteiger partial charge in [0.05, 0.1) is 18.6 Å².